The Kier molecular flexibility index (Phi) is 4.50. The summed E-state index contributed by atoms with van der Waals surface area (Å²) in [6.07, 6.45) is -1.90. The molecule has 0 saturated heterocycles. The molecule has 0 aliphatic heterocycles. The van der Waals surface area contributed by atoms with Crippen molar-refractivity contribution >= 4 is 21.6 Å². The van der Waals surface area contributed by atoms with E-state index in [1.165, 1.54) is 18.2 Å². The SMILES string of the molecule is Nc1ccc(F)c(C(O)C(O)CCBr)c1. The minimum atomic E-state index is -1.24. The van der Waals surface area contributed by atoms with Crippen LogP contribution in [0, 0.1) is 5.82 Å². The lowest BCUT2D eigenvalue weighted by Gasteiger charge is -2.18. The Hall–Kier alpha value is -0.650. The molecule has 0 heterocycles. The standard InChI is InChI=1S/C10H13BrFNO2/c11-4-3-9(14)10(15)7-5-6(13)1-2-8(7)12/h1-2,5,9-10,14-15H,3-4,13H2. The van der Waals surface area contributed by atoms with Gasteiger partial charge in [-0.3, -0.25) is 0 Å². The number of alkyl halides is 1. The fourth-order valence-electron chi connectivity index (χ4n) is 1.27. The molecule has 1 rings (SSSR count). The number of aliphatic hydroxyl groups is 2. The van der Waals surface area contributed by atoms with Crippen LogP contribution >= 0.6 is 15.9 Å². The van der Waals surface area contributed by atoms with E-state index in [1.807, 2.05) is 0 Å². The third kappa shape index (κ3) is 3.15. The first-order valence-electron chi connectivity index (χ1n) is 4.53. The van der Waals surface area contributed by atoms with Crippen LogP contribution in [0.3, 0.4) is 0 Å². The molecule has 0 fully saturated rings. The Morgan fingerprint density at radius 2 is 2.07 bits per heavy atom. The zero-order chi connectivity index (χ0) is 11.4. The summed E-state index contributed by atoms with van der Waals surface area (Å²) in [5.74, 6) is -0.565. The van der Waals surface area contributed by atoms with Gasteiger partial charge in [0.15, 0.2) is 0 Å². The van der Waals surface area contributed by atoms with Crippen LogP contribution in [0.25, 0.3) is 0 Å². The van der Waals surface area contributed by atoms with E-state index in [1.54, 1.807) is 0 Å². The van der Waals surface area contributed by atoms with Crippen LogP contribution in [0.2, 0.25) is 0 Å². The minimum absolute atomic E-state index is 0.0310. The highest BCUT2D eigenvalue weighted by Gasteiger charge is 2.20. The number of hydrogen-bond donors (Lipinski definition) is 3. The molecule has 0 spiro atoms. The number of benzene rings is 1. The van der Waals surface area contributed by atoms with E-state index >= 15 is 0 Å². The van der Waals surface area contributed by atoms with Crippen LogP contribution in [0.4, 0.5) is 10.1 Å². The fourth-order valence-corrected chi connectivity index (χ4v) is 1.73. The van der Waals surface area contributed by atoms with Gasteiger partial charge in [0.25, 0.3) is 0 Å². The number of rotatable bonds is 4. The van der Waals surface area contributed by atoms with Crippen LogP contribution < -0.4 is 5.73 Å². The van der Waals surface area contributed by atoms with Gasteiger partial charge in [0.1, 0.15) is 11.9 Å². The van der Waals surface area contributed by atoms with Crippen molar-refractivity contribution in [3.05, 3.63) is 29.6 Å². The highest BCUT2D eigenvalue weighted by molar-refractivity contribution is 9.09. The average Bonchev–Trinajstić information content (AvgIpc) is 2.21. The normalized spacial score (nSPS) is 14.9. The highest BCUT2D eigenvalue weighted by atomic mass is 79.9. The van der Waals surface area contributed by atoms with Gasteiger partial charge in [0.05, 0.1) is 6.10 Å². The second-order valence-electron chi connectivity index (χ2n) is 3.27. The van der Waals surface area contributed by atoms with Gasteiger partial charge in [-0.1, -0.05) is 15.9 Å². The Morgan fingerprint density at radius 1 is 1.40 bits per heavy atom. The second kappa shape index (κ2) is 5.44. The summed E-state index contributed by atoms with van der Waals surface area (Å²) in [5.41, 5.74) is 5.86. The van der Waals surface area contributed by atoms with Crippen molar-refractivity contribution in [3.8, 4) is 0 Å². The summed E-state index contributed by atoms with van der Waals surface area (Å²) in [7, 11) is 0. The topological polar surface area (TPSA) is 66.5 Å². The maximum absolute atomic E-state index is 13.3. The van der Waals surface area contributed by atoms with Crippen molar-refractivity contribution in [2.45, 2.75) is 18.6 Å². The molecular weight excluding hydrogens is 265 g/mol. The van der Waals surface area contributed by atoms with E-state index in [4.69, 9.17) is 5.73 Å². The summed E-state index contributed by atoms with van der Waals surface area (Å²) < 4.78 is 13.3. The van der Waals surface area contributed by atoms with E-state index < -0.39 is 18.0 Å². The summed E-state index contributed by atoms with van der Waals surface area (Å²) >= 11 is 3.13. The van der Waals surface area contributed by atoms with Crippen LogP contribution in [0.15, 0.2) is 18.2 Å². The first-order chi connectivity index (χ1) is 7.06. The first kappa shape index (κ1) is 12.4. The Labute approximate surface area is 95.9 Å². The molecule has 4 N–H and O–H groups in total. The van der Waals surface area contributed by atoms with Crippen LogP contribution in [0.5, 0.6) is 0 Å². The average molecular weight is 278 g/mol. The van der Waals surface area contributed by atoms with Crippen LogP contribution in [-0.4, -0.2) is 21.6 Å². The molecule has 0 radical (unpaired) electrons. The molecule has 15 heavy (non-hydrogen) atoms. The van der Waals surface area contributed by atoms with Gasteiger partial charge >= 0.3 is 0 Å². The van der Waals surface area contributed by atoms with Gasteiger partial charge in [-0.25, -0.2) is 4.39 Å². The molecule has 0 aliphatic rings. The lowest BCUT2D eigenvalue weighted by molar-refractivity contribution is 0.0153. The maximum Gasteiger partial charge on any atom is 0.129 e. The summed E-state index contributed by atoms with van der Waals surface area (Å²) in [6.45, 7) is 0. The summed E-state index contributed by atoms with van der Waals surface area (Å²) in [5, 5.41) is 19.7. The Bertz CT molecular complexity index is 335. The molecule has 3 nitrogen and oxygen atoms in total. The zero-order valence-electron chi connectivity index (χ0n) is 8.03. The molecule has 0 aromatic heterocycles. The number of nitrogens with two attached hydrogens (primary N) is 1. The van der Waals surface area contributed by atoms with Crippen LogP contribution in [0.1, 0.15) is 18.1 Å². The molecule has 1 aromatic rings. The molecule has 2 atom stereocenters. The van der Waals surface area contributed by atoms with E-state index in [0.717, 1.165) is 0 Å². The predicted octanol–water partition coefficient (Wildman–Crippen LogP) is 1.59. The number of halogens is 2. The van der Waals surface area contributed by atoms with Gasteiger partial charge in [-0.2, -0.15) is 0 Å². The molecule has 0 aliphatic carbocycles. The minimum Gasteiger partial charge on any atom is -0.399 e. The van der Waals surface area contributed by atoms with Crippen molar-refractivity contribution in [1.29, 1.82) is 0 Å². The molecule has 2 unspecified atom stereocenters. The number of anilines is 1. The lowest BCUT2D eigenvalue weighted by Crippen LogP contribution is -2.19. The first-order valence-corrected chi connectivity index (χ1v) is 5.65. The maximum atomic E-state index is 13.3. The summed E-state index contributed by atoms with van der Waals surface area (Å²) in [4.78, 5) is 0. The molecule has 0 bridgehead atoms. The predicted molar refractivity (Wildman–Crippen MR) is 60.2 cm³/mol. The van der Waals surface area contributed by atoms with Gasteiger partial charge in [-0.05, 0) is 24.6 Å². The van der Waals surface area contributed by atoms with Gasteiger partial charge in [-0.15, -0.1) is 0 Å². The Balaban J connectivity index is 2.89. The fraction of sp³-hybridized carbons (Fsp3) is 0.400. The van der Waals surface area contributed by atoms with Crippen molar-refractivity contribution < 1.29 is 14.6 Å². The van der Waals surface area contributed by atoms with E-state index in [2.05, 4.69) is 15.9 Å². The molecular formula is C10H13BrFNO2. The molecule has 1 aromatic carbocycles. The highest BCUT2D eigenvalue weighted by Crippen LogP contribution is 2.24. The lowest BCUT2D eigenvalue weighted by atomic mass is 10.0. The third-order valence-corrected chi connectivity index (χ3v) is 2.57. The Morgan fingerprint density at radius 3 is 2.67 bits per heavy atom. The molecule has 5 heteroatoms. The zero-order valence-corrected chi connectivity index (χ0v) is 9.61. The van der Waals surface area contributed by atoms with Crippen molar-refractivity contribution in [2.75, 3.05) is 11.1 Å². The van der Waals surface area contributed by atoms with Crippen molar-refractivity contribution in [3.63, 3.8) is 0 Å². The van der Waals surface area contributed by atoms with Gasteiger partial charge in [0, 0.05) is 16.6 Å². The van der Waals surface area contributed by atoms with Crippen molar-refractivity contribution in [1.82, 2.24) is 0 Å². The largest absolute Gasteiger partial charge is 0.399 e. The van der Waals surface area contributed by atoms with Gasteiger partial charge in [0.2, 0.25) is 0 Å². The monoisotopic (exact) mass is 277 g/mol. The number of aliphatic hydroxyl groups excluding tert-OH is 2. The molecule has 0 saturated carbocycles. The number of nitrogen functional groups attached to an aromatic ring is 1. The van der Waals surface area contributed by atoms with Crippen molar-refractivity contribution in [2.24, 2.45) is 0 Å². The second-order valence-corrected chi connectivity index (χ2v) is 4.06. The van der Waals surface area contributed by atoms with Gasteiger partial charge < -0.3 is 15.9 Å². The van der Waals surface area contributed by atoms with Crippen LogP contribution in [-0.2, 0) is 0 Å². The summed E-state index contributed by atoms with van der Waals surface area (Å²) in [6, 6.07) is 3.91. The van der Waals surface area contributed by atoms with E-state index in [0.29, 0.717) is 17.4 Å². The van der Waals surface area contributed by atoms with E-state index in [9.17, 15) is 14.6 Å². The third-order valence-electron chi connectivity index (χ3n) is 2.11. The number of hydrogen-bond acceptors (Lipinski definition) is 3. The molecule has 0 amide bonds. The van der Waals surface area contributed by atoms with E-state index in [-0.39, 0.29) is 5.56 Å². The smallest absolute Gasteiger partial charge is 0.129 e. The molecule has 84 valence electrons. The quantitative estimate of drug-likeness (QED) is 0.578.